The van der Waals surface area contributed by atoms with Crippen LogP contribution in [0.25, 0.3) is 0 Å². The number of carbonyl (C=O) groups is 1. The average Bonchev–Trinajstić information content (AvgIpc) is 3.40. The van der Waals surface area contributed by atoms with Crippen molar-refractivity contribution >= 4 is 17.7 Å². The lowest BCUT2D eigenvalue weighted by atomic mass is 10.2. The van der Waals surface area contributed by atoms with Gasteiger partial charge in [-0.25, -0.2) is 9.07 Å². The lowest BCUT2D eigenvalue weighted by molar-refractivity contribution is -0.120. The molecule has 1 aromatic heterocycles. The fourth-order valence-electron chi connectivity index (χ4n) is 3.63. The van der Waals surface area contributed by atoms with Crippen LogP contribution < -0.4 is 15.9 Å². The number of amides is 1. The van der Waals surface area contributed by atoms with Gasteiger partial charge in [-0.2, -0.15) is 0 Å². The van der Waals surface area contributed by atoms with Gasteiger partial charge in [-0.15, -0.1) is 10.2 Å². The number of hydrogen-bond donors (Lipinski definition) is 2. The molecule has 0 radical (unpaired) electrons. The Morgan fingerprint density at radius 1 is 1.24 bits per heavy atom. The average molecular weight is 471 g/mol. The first-order valence-electron chi connectivity index (χ1n) is 10.8. The summed E-state index contributed by atoms with van der Waals surface area (Å²) in [4.78, 5) is 15.1. The van der Waals surface area contributed by atoms with Gasteiger partial charge in [0.05, 0.1) is 5.25 Å². The third-order valence-corrected chi connectivity index (χ3v) is 6.49. The molecular formula is C23H27FN6O2S. The van der Waals surface area contributed by atoms with Crippen molar-refractivity contribution in [3.8, 4) is 5.75 Å². The van der Waals surface area contributed by atoms with Crippen LogP contribution in [-0.2, 0) is 17.9 Å². The predicted octanol–water partition coefficient (Wildman–Crippen LogP) is 2.58. The van der Waals surface area contributed by atoms with Gasteiger partial charge in [-0.3, -0.25) is 9.69 Å². The standard InChI is InChI=1S/C23H27FN6O2S/c1-16(22(31)26-19-11-12-29(14-19)13-17-5-3-2-4-6-17)33-23-28-27-21(30(23)25)15-32-20-9-7-18(24)8-10-20/h2-10,16,19H,11-15,25H2,1H3,(H,26,31). The van der Waals surface area contributed by atoms with Gasteiger partial charge in [-0.1, -0.05) is 42.1 Å². The predicted molar refractivity (Wildman–Crippen MR) is 124 cm³/mol. The van der Waals surface area contributed by atoms with Crippen molar-refractivity contribution in [2.24, 2.45) is 0 Å². The molecular weight excluding hydrogens is 443 g/mol. The molecule has 174 valence electrons. The highest BCUT2D eigenvalue weighted by molar-refractivity contribution is 8.00. The lowest BCUT2D eigenvalue weighted by Crippen LogP contribution is -2.41. The molecule has 0 bridgehead atoms. The number of thioether (sulfide) groups is 1. The van der Waals surface area contributed by atoms with Crippen LogP contribution in [0.3, 0.4) is 0 Å². The van der Waals surface area contributed by atoms with E-state index in [1.165, 1.54) is 46.3 Å². The Balaban J connectivity index is 1.24. The summed E-state index contributed by atoms with van der Waals surface area (Å²) in [7, 11) is 0. The second-order valence-corrected chi connectivity index (χ2v) is 9.29. The van der Waals surface area contributed by atoms with Crippen molar-refractivity contribution in [3.05, 3.63) is 71.8 Å². The molecule has 3 N–H and O–H groups in total. The van der Waals surface area contributed by atoms with Crippen molar-refractivity contribution in [2.75, 3.05) is 18.9 Å². The number of likely N-dealkylation sites (tertiary alicyclic amines) is 1. The molecule has 2 aromatic carbocycles. The fraction of sp³-hybridized carbons (Fsp3) is 0.348. The first kappa shape index (κ1) is 23.1. The first-order valence-corrected chi connectivity index (χ1v) is 11.7. The van der Waals surface area contributed by atoms with Gasteiger partial charge in [-0.05, 0) is 43.2 Å². The van der Waals surface area contributed by atoms with E-state index < -0.39 is 0 Å². The molecule has 0 spiro atoms. The Kier molecular flexibility index (Phi) is 7.46. The Morgan fingerprint density at radius 2 is 2.00 bits per heavy atom. The van der Waals surface area contributed by atoms with Crippen LogP contribution in [0.4, 0.5) is 4.39 Å². The van der Waals surface area contributed by atoms with E-state index in [1.54, 1.807) is 0 Å². The Hall–Kier alpha value is -3.11. The zero-order chi connectivity index (χ0) is 23.2. The van der Waals surface area contributed by atoms with Gasteiger partial charge in [0.25, 0.3) is 0 Å². The summed E-state index contributed by atoms with van der Waals surface area (Å²) < 4.78 is 19.9. The monoisotopic (exact) mass is 470 g/mol. The number of nitrogens with zero attached hydrogens (tertiary/aromatic N) is 4. The number of nitrogens with two attached hydrogens (primary N) is 1. The third-order valence-electron chi connectivity index (χ3n) is 5.44. The molecule has 8 nitrogen and oxygen atoms in total. The van der Waals surface area contributed by atoms with Crippen LogP contribution in [0.2, 0.25) is 0 Å². The number of benzene rings is 2. The largest absolute Gasteiger partial charge is 0.486 e. The molecule has 2 heterocycles. The normalized spacial score (nSPS) is 17.1. The first-order chi connectivity index (χ1) is 16.0. The second kappa shape index (κ2) is 10.7. The molecule has 1 amide bonds. The Bertz CT molecular complexity index is 1060. The van der Waals surface area contributed by atoms with Crippen molar-refractivity contribution in [3.63, 3.8) is 0 Å². The van der Waals surface area contributed by atoms with Gasteiger partial charge in [0.2, 0.25) is 11.1 Å². The third kappa shape index (κ3) is 6.23. The maximum Gasteiger partial charge on any atom is 0.233 e. The molecule has 0 saturated carbocycles. The molecule has 1 fully saturated rings. The maximum absolute atomic E-state index is 13.0. The summed E-state index contributed by atoms with van der Waals surface area (Å²) in [5, 5.41) is 11.3. The SMILES string of the molecule is CC(Sc1nnc(COc2ccc(F)cc2)n1N)C(=O)NC1CCN(Cc2ccccc2)C1. The number of ether oxygens (including phenoxy) is 1. The molecule has 1 saturated heterocycles. The zero-order valence-electron chi connectivity index (χ0n) is 18.4. The lowest BCUT2D eigenvalue weighted by Gasteiger charge is -2.18. The van der Waals surface area contributed by atoms with Crippen LogP contribution in [0.1, 0.15) is 24.7 Å². The minimum atomic E-state index is -0.384. The molecule has 1 aliphatic heterocycles. The number of hydrogen-bond acceptors (Lipinski definition) is 7. The van der Waals surface area contributed by atoms with Crippen LogP contribution in [0.5, 0.6) is 5.75 Å². The van der Waals surface area contributed by atoms with Crippen molar-refractivity contribution in [1.29, 1.82) is 0 Å². The highest BCUT2D eigenvalue weighted by atomic mass is 32.2. The molecule has 2 atom stereocenters. The van der Waals surface area contributed by atoms with E-state index in [-0.39, 0.29) is 29.6 Å². The van der Waals surface area contributed by atoms with Gasteiger partial charge < -0.3 is 15.9 Å². The van der Waals surface area contributed by atoms with E-state index in [0.29, 0.717) is 16.7 Å². The second-order valence-electron chi connectivity index (χ2n) is 7.99. The summed E-state index contributed by atoms with van der Waals surface area (Å²) >= 11 is 1.24. The van der Waals surface area contributed by atoms with Gasteiger partial charge in [0, 0.05) is 25.7 Å². The summed E-state index contributed by atoms with van der Waals surface area (Å²) in [6.07, 6.45) is 0.925. The molecule has 1 aliphatic rings. The van der Waals surface area contributed by atoms with Crippen LogP contribution in [-0.4, -0.2) is 50.1 Å². The van der Waals surface area contributed by atoms with E-state index in [4.69, 9.17) is 10.6 Å². The maximum atomic E-state index is 13.0. The quantitative estimate of drug-likeness (QED) is 0.366. The zero-order valence-corrected chi connectivity index (χ0v) is 19.2. The van der Waals surface area contributed by atoms with Crippen LogP contribution in [0.15, 0.2) is 59.8 Å². The number of halogens is 1. The van der Waals surface area contributed by atoms with E-state index in [2.05, 4.69) is 32.5 Å². The van der Waals surface area contributed by atoms with E-state index in [0.717, 1.165) is 26.1 Å². The summed E-state index contributed by atoms with van der Waals surface area (Å²) in [5.74, 6) is 6.60. The smallest absolute Gasteiger partial charge is 0.233 e. The number of carbonyl (C=O) groups excluding carboxylic acids is 1. The molecule has 10 heteroatoms. The number of aromatic nitrogens is 3. The van der Waals surface area contributed by atoms with Crippen LogP contribution in [0, 0.1) is 5.82 Å². The highest BCUT2D eigenvalue weighted by Crippen LogP contribution is 2.22. The van der Waals surface area contributed by atoms with E-state index in [1.807, 2.05) is 25.1 Å². The fourth-order valence-corrected chi connectivity index (χ4v) is 4.43. The molecule has 3 aromatic rings. The molecule has 2 unspecified atom stereocenters. The number of nitrogen functional groups attached to an aromatic ring is 1. The summed E-state index contributed by atoms with van der Waals surface area (Å²) in [6.45, 7) is 4.57. The Labute approximate surface area is 196 Å². The minimum absolute atomic E-state index is 0.0568. The molecule has 33 heavy (non-hydrogen) atoms. The number of nitrogens with one attached hydrogen (secondary N) is 1. The molecule has 4 rings (SSSR count). The number of rotatable bonds is 9. The van der Waals surface area contributed by atoms with Gasteiger partial charge >= 0.3 is 0 Å². The van der Waals surface area contributed by atoms with Gasteiger partial charge in [0.15, 0.2) is 5.82 Å². The Morgan fingerprint density at radius 3 is 2.76 bits per heavy atom. The molecule has 0 aliphatic carbocycles. The van der Waals surface area contributed by atoms with Crippen molar-refractivity contribution < 1.29 is 13.9 Å². The summed E-state index contributed by atoms with van der Waals surface area (Å²) in [6, 6.07) is 16.1. The van der Waals surface area contributed by atoms with Crippen LogP contribution >= 0.6 is 11.8 Å². The van der Waals surface area contributed by atoms with Crippen molar-refractivity contribution in [1.82, 2.24) is 25.1 Å². The van der Waals surface area contributed by atoms with Crippen molar-refractivity contribution in [2.45, 2.75) is 42.9 Å². The van der Waals surface area contributed by atoms with Gasteiger partial charge in [0.1, 0.15) is 18.2 Å². The topological polar surface area (TPSA) is 98.3 Å². The van der Waals surface area contributed by atoms with E-state index >= 15 is 0 Å². The highest BCUT2D eigenvalue weighted by Gasteiger charge is 2.27. The summed E-state index contributed by atoms with van der Waals surface area (Å²) in [5.41, 5.74) is 1.27. The minimum Gasteiger partial charge on any atom is -0.486 e. The van der Waals surface area contributed by atoms with E-state index in [9.17, 15) is 9.18 Å².